The van der Waals surface area contributed by atoms with E-state index in [1.807, 2.05) is 51.1 Å². The summed E-state index contributed by atoms with van der Waals surface area (Å²) in [6.45, 7) is 13.2. The number of ketones is 1. The van der Waals surface area contributed by atoms with Gasteiger partial charge in [0.1, 0.15) is 0 Å². The molecule has 2 unspecified atom stereocenters. The van der Waals surface area contributed by atoms with E-state index in [2.05, 4.69) is 67.8 Å². The highest BCUT2D eigenvalue weighted by atomic mass is 16.5. The molecule has 3 aromatic carbocycles. The van der Waals surface area contributed by atoms with Gasteiger partial charge in [0.15, 0.2) is 17.3 Å². The van der Waals surface area contributed by atoms with Gasteiger partial charge in [0.25, 0.3) is 0 Å². The van der Waals surface area contributed by atoms with Crippen molar-refractivity contribution in [3.63, 3.8) is 0 Å². The van der Waals surface area contributed by atoms with Crippen molar-refractivity contribution in [2.45, 2.75) is 77.9 Å². The molecule has 1 aliphatic heterocycles. The van der Waals surface area contributed by atoms with Crippen LogP contribution in [0.1, 0.15) is 83.0 Å². The largest absolute Gasteiger partial charge is 0.490 e. The van der Waals surface area contributed by atoms with Crippen LogP contribution >= 0.6 is 0 Å². The smallest absolute Gasteiger partial charge is 0.163 e. The number of carbonyl (C=O) groups is 1. The van der Waals surface area contributed by atoms with E-state index < -0.39 is 0 Å². The average molecular weight is 525 g/mol. The summed E-state index contributed by atoms with van der Waals surface area (Å²) >= 11 is 0. The van der Waals surface area contributed by atoms with Gasteiger partial charge >= 0.3 is 0 Å². The maximum atomic E-state index is 14.0. The van der Waals surface area contributed by atoms with Gasteiger partial charge in [0, 0.05) is 17.7 Å². The fraction of sp³-hybridized carbons (Fsp3) is 0.382. The van der Waals surface area contributed by atoms with Crippen molar-refractivity contribution in [3.05, 3.63) is 94.7 Å². The fourth-order valence-electron chi connectivity index (χ4n) is 5.56. The van der Waals surface area contributed by atoms with Crippen LogP contribution < -0.4 is 20.1 Å². The van der Waals surface area contributed by atoms with E-state index in [0.717, 1.165) is 34.6 Å². The van der Waals surface area contributed by atoms with Crippen molar-refractivity contribution in [3.8, 4) is 11.5 Å². The third kappa shape index (κ3) is 5.68. The predicted octanol–water partition coefficient (Wildman–Crippen LogP) is 8.15. The lowest BCUT2D eigenvalue weighted by atomic mass is 9.77. The first-order valence-electron chi connectivity index (χ1n) is 14.1. The second kappa shape index (κ2) is 10.8. The molecular formula is C34H40N2O3. The van der Waals surface area contributed by atoms with Crippen LogP contribution in [0, 0.1) is 0 Å². The number of fused-ring (bicyclic) bond motifs is 1. The molecule has 0 saturated carbocycles. The van der Waals surface area contributed by atoms with Gasteiger partial charge in [0.05, 0.1) is 30.1 Å². The molecule has 0 radical (unpaired) electrons. The molecule has 1 aliphatic carbocycles. The van der Waals surface area contributed by atoms with Gasteiger partial charge in [-0.15, -0.1) is 0 Å². The average Bonchev–Trinajstić information content (AvgIpc) is 3.06. The van der Waals surface area contributed by atoms with Gasteiger partial charge in [-0.1, -0.05) is 63.2 Å². The maximum Gasteiger partial charge on any atom is 0.163 e. The number of hydrogen-bond acceptors (Lipinski definition) is 5. The zero-order chi connectivity index (χ0) is 27.7. The number of hydrogen-bond donors (Lipinski definition) is 2. The quantitative estimate of drug-likeness (QED) is 0.341. The van der Waals surface area contributed by atoms with Crippen LogP contribution in [0.25, 0.3) is 0 Å². The summed E-state index contributed by atoms with van der Waals surface area (Å²) in [5, 5.41) is 7.32. The first-order valence-corrected chi connectivity index (χ1v) is 14.1. The highest BCUT2D eigenvalue weighted by molar-refractivity contribution is 6.01. The van der Waals surface area contributed by atoms with Gasteiger partial charge < -0.3 is 20.1 Å². The minimum atomic E-state index is -0.305. The molecule has 2 aliphatic rings. The molecule has 1 heterocycles. The molecule has 0 saturated heterocycles. The van der Waals surface area contributed by atoms with E-state index in [-0.39, 0.29) is 29.3 Å². The summed E-state index contributed by atoms with van der Waals surface area (Å²) in [7, 11) is 0. The Kier molecular flexibility index (Phi) is 7.44. The monoisotopic (exact) mass is 524 g/mol. The molecule has 2 N–H and O–H groups in total. The van der Waals surface area contributed by atoms with E-state index in [9.17, 15) is 4.79 Å². The molecular weight excluding hydrogens is 484 g/mol. The summed E-state index contributed by atoms with van der Waals surface area (Å²) in [4.78, 5) is 14.0. The van der Waals surface area contributed by atoms with Crippen molar-refractivity contribution >= 4 is 17.2 Å². The Balaban J connectivity index is 1.55. The summed E-state index contributed by atoms with van der Waals surface area (Å²) in [6.07, 6.45) is 1.29. The maximum absolute atomic E-state index is 14.0. The Bertz CT molecular complexity index is 1380. The zero-order valence-electron chi connectivity index (χ0n) is 23.9. The van der Waals surface area contributed by atoms with Crippen molar-refractivity contribution in [1.29, 1.82) is 0 Å². The van der Waals surface area contributed by atoms with Crippen LogP contribution in [-0.4, -0.2) is 18.5 Å². The van der Waals surface area contributed by atoms with E-state index in [1.165, 1.54) is 11.1 Å². The highest BCUT2D eigenvalue weighted by Crippen LogP contribution is 2.45. The molecule has 0 spiro atoms. The molecule has 5 heteroatoms. The topological polar surface area (TPSA) is 59.6 Å². The third-order valence-electron chi connectivity index (χ3n) is 7.52. The number of ether oxygens (including phenoxy) is 2. The van der Waals surface area contributed by atoms with Crippen LogP contribution in [0.5, 0.6) is 11.5 Å². The molecule has 204 valence electrons. The zero-order valence-corrected chi connectivity index (χ0v) is 23.9. The number of allylic oxidation sites excluding steroid dienone is 1. The van der Waals surface area contributed by atoms with E-state index in [0.29, 0.717) is 24.5 Å². The van der Waals surface area contributed by atoms with Gasteiger partial charge in [-0.25, -0.2) is 0 Å². The Labute approximate surface area is 232 Å². The standard InChI is InChI=1S/C34H40N2O3/c1-7-38-31-20-23(14-17-30(31)39-21(2)3)33-32-28(35-26-10-8-9-11-27(26)36-33)18-24(19-29(32)37)22-12-15-25(16-13-22)34(4,5)6/h8-17,20-21,24,33,35-36H,7,18-19H2,1-6H3. The van der Waals surface area contributed by atoms with Crippen LogP contribution in [0.3, 0.4) is 0 Å². The summed E-state index contributed by atoms with van der Waals surface area (Å²) in [6, 6.07) is 22.7. The Hall–Kier alpha value is -3.73. The lowest BCUT2D eigenvalue weighted by Gasteiger charge is -2.30. The predicted molar refractivity (Wildman–Crippen MR) is 159 cm³/mol. The van der Waals surface area contributed by atoms with Crippen LogP contribution in [0.4, 0.5) is 11.4 Å². The minimum absolute atomic E-state index is 0.0331. The first-order chi connectivity index (χ1) is 18.6. The lowest BCUT2D eigenvalue weighted by molar-refractivity contribution is -0.116. The van der Waals surface area contributed by atoms with Crippen LogP contribution in [0.15, 0.2) is 78.0 Å². The second-order valence-electron chi connectivity index (χ2n) is 11.8. The molecule has 0 amide bonds. The van der Waals surface area contributed by atoms with Crippen LogP contribution in [0.2, 0.25) is 0 Å². The van der Waals surface area contributed by atoms with Gasteiger partial charge in [-0.2, -0.15) is 0 Å². The number of nitrogens with one attached hydrogen (secondary N) is 2. The SMILES string of the molecule is CCOc1cc(C2Nc3ccccc3NC3=C2C(=O)CC(c2ccc(C(C)(C)C)cc2)C3)ccc1OC(C)C. The van der Waals surface area contributed by atoms with Gasteiger partial charge in [-0.05, 0) is 79.5 Å². The Morgan fingerprint density at radius 1 is 0.897 bits per heavy atom. The number of para-hydroxylation sites is 2. The molecule has 2 atom stereocenters. The molecule has 3 aromatic rings. The minimum Gasteiger partial charge on any atom is -0.490 e. The summed E-state index contributed by atoms with van der Waals surface area (Å²) in [5.41, 5.74) is 7.31. The third-order valence-corrected chi connectivity index (χ3v) is 7.52. The normalized spacial score (nSPS) is 19.0. The van der Waals surface area contributed by atoms with E-state index in [4.69, 9.17) is 9.47 Å². The van der Waals surface area contributed by atoms with E-state index >= 15 is 0 Å². The van der Waals surface area contributed by atoms with Crippen molar-refractivity contribution < 1.29 is 14.3 Å². The summed E-state index contributed by atoms with van der Waals surface area (Å²) in [5.74, 6) is 1.70. The highest BCUT2D eigenvalue weighted by Gasteiger charge is 2.36. The van der Waals surface area contributed by atoms with Gasteiger partial charge in [-0.3, -0.25) is 4.79 Å². The number of rotatable bonds is 6. The summed E-state index contributed by atoms with van der Waals surface area (Å²) < 4.78 is 12.0. The van der Waals surface area contributed by atoms with Crippen LogP contribution in [-0.2, 0) is 10.2 Å². The second-order valence-corrected chi connectivity index (χ2v) is 11.8. The lowest BCUT2D eigenvalue weighted by Crippen LogP contribution is -2.27. The number of carbonyl (C=O) groups excluding carboxylic acids is 1. The van der Waals surface area contributed by atoms with Gasteiger partial charge in [0.2, 0.25) is 0 Å². The molecule has 0 aromatic heterocycles. The fourth-order valence-corrected chi connectivity index (χ4v) is 5.56. The Morgan fingerprint density at radius 2 is 1.59 bits per heavy atom. The van der Waals surface area contributed by atoms with E-state index in [1.54, 1.807) is 0 Å². The van der Waals surface area contributed by atoms with Crippen molar-refractivity contribution in [2.24, 2.45) is 0 Å². The molecule has 39 heavy (non-hydrogen) atoms. The van der Waals surface area contributed by atoms with Crippen molar-refractivity contribution in [2.75, 3.05) is 17.2 Å². The molecule has 0 bridgehead atoms. The molecule has 0 fully saturated rings. The van der Waals surface area contributed by atoms with Crippen molar-refractivity contribution in [1.82, 2.24) is 0 Å². The molecule has 5 nitrogen and oxygen atoms in total. The number of Topliss-reactive ketones (excluding diaryl/α,β-unsaturated/α-hetero) is 1. The Morgan fingerprint density at radius 3 is 2.26 bits per heavy atom. The first kappa shape index (κ1) is 26.9. The number of anilines is 2. The number of benzene rings is 3. The molecule has 5 rings (SSSR count).